The Hall–Kier alpha value is -0.950. The van der Waals surface area contributed by atoms with Gasteiger partial charge in [0, 0.05) is 19.8 Å². The fraction of sp³-hybridized carbons (Fsp3) is 0.846. The molecule has 0 unspecified atom stereocenters. The Morgan fingerprint density at radius 2 is 2.20 bits per heavy atom. The normalized spacial score (nSPS) is 15.7. The highest BCUT2D eigenvalue weighted by Gasteiger charge is 2.21. The summed E-state index contributed by atoms with van der Waals surface area (Å²) in [4.78, 5) is 22.5. The van der Waals surface area contributed by atoms with Gasteiger partial charge >= 0.3 is 12.0 Å². The minimum Gasteiger partial charge on any atom is -0.480 e. The summed E-state index contributed by atoms with van der Waals surface area (Å²) in [7, 11) is 0. The lowest BCUT2D eigenvalue weighted by Gasteiger charge is -2.14. The van der Waals surface area contributed by atoms with Crippen LogP contribution in [-0.4, -0.2) is 54.9 Å². The number of carbonyl (C=O) groups is 2. The minimum absolute atomic E-state index is 0.425. The Morgan fingerprint density at radius 1 is 1.45 bits per heavy atom. The monoisotopic (exact) mass is 304 g/mol. The quantitative estimate of drug-likeness (QED) is 0.501. The predicted octanol–water partition coefficient (Wildman–Crippen LogP) is 1.31. The van der Waals surface area contributed by atoms with Gasteiger partial charge in [0.2, 0.25) is 0 Å². The highest BCUT2D eigenvalue weighted by Crippen LogP contribution is 2.28. The molecule has 0 aromatic rings. The van der Waals surface area contributed by atoms with E-state index in [0.29, 0.717) is 25.3 Å². The summed E-state index contributed by atoms with van der Waals surface area (Å²) in [5.41, 5.74) is 0. The molecular formula is C13H24N2O4S. The van der Waals surface area contributed by atoms with Crippen LogP contribution < -0.4 is 10.6 Å². The molecule has 1 atom stereocenters. The van der Waals surface area contributed by atoms with Crippen LogP contribution in [0.5, 0.6) is 0 Å². The zero-order chi connectivity index (χ0) is 14.8. The lowest BCUT2D eigenvalue weighted by atomic mass is 10.2. The lowest BCUT2D eigenvalue weighted by Crippen LogP contribution is -2.46. The van der Waals surface area contributed by atoms with Gasteiger partial charge < -0.3 is 20.5 Å². The van der Waals surface area contributed by atoms with Crippen molar-refractivity contribution in [1.82, 2.24) is 10.6 Å². The van der Waals surface area contributed by atoms with Gasteiger partial charge in [0.05, 0.1) is 0 Å². The molecule has 0 saturated heterocycles. The lowest BCUT2D eigenvalue weighted by molar-refractivity contribution is -0.139. The van der Waals surface area contributed by atoms with E-state index in [9.17, 15) is 9.59 Å². The predicted molar refractivity (Wildman–Crippen MR) is 79.1 cm³/mol. The van der Waals surface area contributed by atoms with Gasteiger partial charge in [-0.3, -0.25) is 0 Å². The van der Waals surface area contributed by atoms with Crippen molar-refractivity contribution in [2.24, 2.45) is 5.92 Å². The van der Waals surface area contributed by atoms with Gasteiger partial charge in [-0.25, -0.2) is 9.59 Å². The molecular weight excluding hydrogens is 280 g/mol. The second kappa shape index (κ2) is 9.88. The Bertz CT molecular complexity index is 311. The van der Waals surface area contributed by atoms with E-state index >= 15 is 0 Å². The minimum atomic E-state index is -0.998. The maximum absolute atomic E-state index is 11.5. The number of urea groups is 1. The Morgan fingerprint density at radius 3 is 2.80 bits per heavy atom. The number of hydrogen-bond donors (Lipinski definition) is 3. The number of carbonyl (C=O) groups excluding carboxylic acids is 1. The van der Waals surface area contributed by atoms with E-state index in [4.69, 9.17) is 9.84 Å². The van der Waals surface area contributed by atoms with E-state index in [0.717, 1.165) is 18.9 Å². The van der Waals surface area contributed by atoms with Crippen LogP contribution in [0, 0.1) is 5.92 Å². The maximum atomic E-state index is 11.5. The Kier molecular flexibility index (Phi) is 8.45. The number of carboxylic acids is 1. The second-order valence-corrected chi connectivity index (χ2v) is 5.93. The zero-order valence-corrected chi connectivity index (χ0v) is 12.7. The number of amides is 2. The van der Waals surface area contributed by atoms with Crippen LogP contribution in [-0.2, 0) is 9.53 Å². The molecule has 0 radical (unpaired) electrons. The summed E-state index contributed by atoms with van der Waals surface area (Å²) in [6, 6.07) is -1.26. The van der Waals surface area contributed by atoms with Crippen LogP contribution in [0.25, 0.3) is 0 Å². The summed E-state index contributed by atoms with van der Waals surface area (Å²) < 4.78 is 5.44. The molecule has 0 aromatic carbocycles. The van der Waals surface area contributed by atoms with Crippen molar-refractivity contribution in [2.45, 2.75) is 31.7 Å². The number of rotatable bonds is 11. The highest BCUT2D eigenvalue weighted by atomic mass is 32.2. The topological polar surface area (TPSA) is 87.7 Å². The summed E-state index contributed by atoms with van der Waals surface area (Å²) >= 11 is 1.56. The van der Waals surface area contributed by atoms with Crippen molar-refractivity contribution < 1.29 is 19.4 Å². The van der Waals surface area contributed by atoms with Crippen LogP contribution in [0.4, 0.5) is 4.79 Å². The number of ether oxygens (including phenoxy) is 1. The van der Waals surface area contributed by atoms with Crippen LogP contribution in [0.15, 0.2) is 0 Å². The number of thioether (sulfide) groups is 1. The molecule has 116 valence electrons. The third-order valence-electron chi connectivity index (χ3n) is 3.02. The van der Waals surface area contributed by atoms with Gasteiger partial charge in [-0.15, -0.1) is 0 Å². The molecule has 1 aliphatic rings. The van der Waals surface area contributed by atoms with Gasteiger partial charge in [0.15, 0.2) is 0 Å². The molecule has 3 N–H and O–H groups in total. The molecule has 0 bridgehead atoms. The van der Waals surface area contributed by atoms with Crippen molar-refractivity contribution in [3.63, 3.8) is 0 Å². The smallest absolute Gasteiger partial charge is 0.326 e. The number of carboxylic acid groups (broad SMARTS) is 1. The average molecular weight is 304 g/mol. The molecule has 1 rings (SSSR count). The molecule has 6 nitrogen and oxygen atoms in total. The fourth-order valence-electron chi connectivity index (χ4n) is 1.61. The molecule has 7 heteroatoms. The van der Waals surface area contributed by atoms with Crippen LogP contribution >= 0.6 is 11.8 Å². The molecule has 0 aliphatic heterocycles. The Balaban J connectivity index is 2.02. The Labute approximate surface area is 124 Å². The van der Waals surface area contributed by atoms with E-state index in [-0.39, 0.29) is 0 Å². The van der Waals surface area contributed by atoms with E-state index in [1.165, 1.54) is 12.8 Å². The summed E-state index contributed by atoms with van der Waals surface area (Å²) in [6.45, 7) is 1.94. The first-order valence-electron chi connectivity index (χ1n) is 6.97. The van der Waals surface area contributed by atoms with Gasteiger partial charge in [-0.2, -0.15) is 11.8 Å². The van der Waals surface area contributed by atoms with Crippen molar-refractivity contribution in [3.05, 3.63) is 0 Å². The first-order chi connectivity index (χ1) is 9.63. The number of nitrogens with one attached hydrogen (secondary N) is 2. The highest BCUT2D eigenvalue weighted by molar-refractivity contribution is 7.98. The fourth-order valence-corrected chi connectivity index (χ4v) is 2.08. The van der Waals surface area contributed by atoms with Crippen LogP contribution in [0.2, 0.25) is 0 Å². The number of aliphatic carboxylic acids is 1. The molecule has 0 spiro atoms. The van der Waals surface area contributed by atoms with E-state index in [1.54, 1.807) is 11.8 Å². The van der Waals surface area contributed by atoms with E-state index in [1.807, 2.05) is 6.26 Å². The molecule has 2 amide bonds. The average Bonchev–Trinajstić information content (AvgIpc) is 3.22. The standard InChI is InChI=1S/C13H24N2O4S/c1-20-8-5-11(12(16)17)15-13(18)14-6-2-7-19-9-10-3-4-10/h10-11H,2-9H2,1H3,(H,16,17)(H2,14,15,18)/t11-/m0/s1. The van der Waals surface area contributed by atoms with Crippen LogP contribution in [0.1, 0.15) is 25.7 Å². The third-order valence-corrected chi connectivity index (χ3v) is 3.66. The molecule has 1 saturated carbocycles. The molecule has 20 heavy (non-hydrogen) atoms. The summed E-state index contributed by atoms with van der Waals surface area (Å²) in [6.07, 6.45) is 5.61. The number of hydrogen-bond acceptors (Lipinski definition) is 4. The SMILES string of the molecule is CSCC[C@H](NC(=O)NCCCOCC1CC1)C(=O)O. The zero-order valence-electron chi connectivity index (χ0n) is 11.9. The van der Waals surface area contributed by atoms with Crippen molar-refractivity contribution in [3.8, 4) is 0 Å². The van der Waals surface area contributed by atoms with Crippen molar-refractivity contribution in [2.75, 3.05) is 31.8 Å². The van der Waals surface area contributed by atoms with Gasteiger partial charge in [-0.1, -0.05) is 0 Å². The first-order valence-corrected chi connectivity index (χ1v) is 8.36. The first kappa shape index (κ1) is 17.1. The molecule has 0 aromatic heterocycles. The van der Waals surface area contributed by atoms with E-state index < -0.39 is 18.0 Å². The van der Waals surface area contributed by atoms with Crippen molar-refractivity contribution >= 4 is 23.8 Å². The van der Waals surface area contributed by atoms with Gasteiger partial charge in [0.25, 0.3) is 0 Å². The molecule has 0 heterocycles. The van der Waals surface area contributed by atoms with Crippen LogP contribution in [0.3, 0.4) is 0 Å². The maximum Gasteiger partial charge on any atom is 0.326 e. The second-order valence-electron chi connectivity index (χ2n) is 4.94. The van der Waals surface area contributed by atoms with Gasteiger partial charge in [-0.05, 0) is 43.6 Å². The molecule has 1 aliphatic carbocycles. The van der Waals surface area contributed by atoms with E-state index in [2.05, 4.69) is 10.6 Å². The van der Waals surface area contributed by atoms with Gasteiger partial charge in [0.1, 0.15) is 6.04 Å². The summed E-state index contributed by atoms with van der Waals surface area (Å²) in [5, 5.41) is 14.1. The third kappa shape index (κ3) is 8.27. The largest absolute Gasteiger partial charge is 0.480 e. The summed E-state index contributed by atoms with van der Waals surface area (Å²) in [5.74, 6) is 0.452. The molecule has 1 fully saturated rings. The van der Waals surface area contributed by atoms with Crippen molar-refractivity contribution in [1.29, 1.82) is 0 Å².